The molecule has 0 aromatic heterocycles. The number of carbonyl (C=O) groups excluding carboxylic acids is 4. The second kappa shape index (κ2) is 11.1. The molecule has 28 heavy (non-hydrogen) atoms. The zero-order valence-corrected chi connectivity index (χ0v) is 14.9. The molecule has 2 aromatic carbocycles. The number of rotatable bonds is 7. The van der Waals surface area contributed by atoms with E-state index in [-0.39, 0.29) is 24.0 Å². The van der Waals surface area contributed by atoms with Gasteiger partial charge in [0.15, 0.2) is 0 Å². The average molecular weight is 386 g/mol. The molecular formula is C20H18O8. The fourth-order valence-corrected chi connectivity index (χ4v) is 2.04. The first kappa shape index (κ1) is 20.6. The van der Waals surface area contributed by atoms with Gasteiger partial charge in [0.1, 0.15) is 0 Å². The van der Waals surface area contributed by atoms with E-state index >= 15 is 0 Å². The zero-order chi connectivity index (χ0) is 20.2. The van der Waals surface area contributed by atoms with Gasteiger partial charge in [-0.1, -0.05) is 36.4 Å². The van der Waals surface area contributed by atoms with Crippen LogP contribution in [0.15, 0.2) is 60.7 Å². The maximum Gasteiger partial charge on any atom is 0.386 e. The monoisotopic (exact) mass is 386 g/mol. The summed E-state index contributed by atoms with van der Waals surface area (Å²) in [6.45, 7) is 0. The van der Waals surface area contributed by atoms with Crippen molar-refractivity contribution in [2.45, 2.75) is 25.7 Å². The molecule has 0 aliphatic heterocycles. The molecule has 0 aliphatic carbocycles. The van der Waals surface area contributed by atoms with E-state index in [9.17, 15) is 19.2 Å². The van der Waals surface area contributed by atoms with Crippen LogP contribution in [-0.2, 0) is 29.1 Å². The van der Waals surface area contributed by atoms with Crippen LogP contribution < -0.4 is 0 Å². The van der Waals surface area contributed by atoms with Crippen LogP contribution in [0.25, 0.3) is 0 Å². The molecule has 0 bridgehead atoms. The van der Waals surface area contributed by atoms with Crippen molar-refractivity contribution < 1.29 is 38.7 Å². The molecule has 0 spiro atoms. The van der Waals surface area contributed by atoms with Gasteiger partial charge < -0.3 is 0 Å². The molecule has 8 heteroatoms. The largest absolute Gasteiger partial charge is 0.386 e. The zero-order valence-electron chi connectivity index (χ0n) is 14.9. The van der Waals surface area contributed by atoms with Crippen LogP contribution in [0.4, 0.5) is 0 Å². The van der Waals surface area contributed by atoms with Crippen LogP contribution >= 0.6 is 0 Å². The normalized spacial score (nSPS) is 9.86. The lowest BCUT2D eigenvalue weighted by Gasteiger charge is -2.04. The highest BCUT2D eigenvalue weighted by molar-refractivity contribution is 5.89. The quantitative estimate of drug-likeness (QED) is 0.406. The van der Waals surface area contributed by atoms with Crippen molar-refractivity contribution in [2.75, 3.05) is 0 Å². The predicted molar refractivity (Wildman–Crippen MR) is 94.4 cm³/mol. The lowest BCUT2D eigenvalue weighted by molar-refractivity contribution is -0.235. The van der Waals surface area contributed by atoms with Gasteiger partial charge in [-0.15, -0.1) is 0 Å². The van der Waals surface area contributed by atoms with Crippen LogP contribution in [0.5, 0.6) is 0 Å². The van der Waals surface area contributed by atoms with Gasteiger partial charge in [0.25, 0.3) is 0 Å². The fourth-order valence-electron chi connectivity index (χ4n) is 2.04. The molecule has 0 amide bonds. The van der Waals surface area contributed by atoms with Crippen molar-refractivity contribution >= 4 is 23.9 Å². The van der Waals surface area contributed by atoms with E-state index in [1.165, 1.54) is 24.3 Å². The number of carbonyl (C=O) groups is 4. The van der Waals surface area contributed by atoms with Crippen molar-refractivity contribution in [1.29, 1.82) is 0 Å². The molecule has 0 radical (unpaired) electrons. The third kappa shape index (κ3) is 7.28. The summed E-state index contributed by atoms with van der Waals surface area (Å²) in [5, 5.41) is 0. The summed E-state index contributed by atoms with van der Waals surface area (Å²) in [4.78, 5) is 63.9. The van der Waals surface area contributed by atoms with Crippen LogP contribution in [0.2, 0.25) is 0 Å². The Bertz CT molecular complexity index is 732. The van der Waals surface area contributed by atoms with Gasteiger partial charge in [-0.2, -0.15) is 0 Å². The number of benzene rings is 2. The molecule has 0 N–H and O–H groups in total. The van der Waals surface area contributed by atoms with E-state index in [1.54, 1.807) is 36.4 Å². The first-order valence-electron chi connectivity index (χ1n) is 8.49. The second-order valence-electron chi connectivity index (χ2n) is 5.59. The maximum atomic E-state index is 11.6. The van der Waals surface area contributed by atoms with Gasteiger partial charge in [-0.05, 0) is 37.1 Å². The second-order valence-corrected chi connectivity index (χ2v) is 5.59. The van der Waals surface area contributed by atoms with Gasteiger partial charge in [0.05, 0.1) is 24.0 Å². The minimum atomic E-state index is -0.780. The van der Waals surface area contributed by atoms with E-state index < -0.39 is 23.9 Å². The lowest BCUT2D eigenvalue weighted by Crippen LogP contribution is -2.12. The Morgan fingerprint density at radius 2 is 0.893 bits per heavy atom. The Morgan fingerprint density at radius 1 is 0.536 bits per heavy atom. The van der Waals surface area contributed by atoms with Gasteiger partial charge in [-0.3, -0.25) is 0 Å². The molecule has 0 saturated heterocycles. The van der Waals surface area contributed by atoms with Crippen LogP contribution in [0.1, 0.15) is 46.4 Å². The van der Waals surface area contributed by atoms with Gasteiger partial charge in [-0.25, -0.2) is 38.7 Å². The Hall–Kier alpha value is -3.68. The summed E-state index contributed by atoms with van der Waals surface area (Å²) in [5.41, 5.74) is 0.506. The van der Waals surface area contributed by atoms with Crippen LogP contribution in [0, 0.1) is 0 Å². The number of hydrogen-bond acceptors (Lipinski definition) is 8. The molecule has 0 heterocycles. The standard InChI is InChI=1S/C20H18O8/c21-17(25-27-19(23)15-9-3-1-4-10-15)13-7-8-14-18(22)26-28-20(24)16-11-5-2-6-12-16/h1-6,9-12H,7-8,13-14H2. The first-order chi connectivity index (χ1) is 13.6. The molecular weight excluding hydrogens is 368 g/mol. The smallest absolute Gasteiger partial charge is 0.247 e. The summed E-state index contributed by atoms with van der Waals surface area (Å²) >= 11 is 0. The van der Waals surface area contributed by atoms with Crippen LogP contribution in [-0.4, -0.2) is 23.9 Å². The van der Waals surface area contributed by atoms with Gasteiger partial charge in [0.2, 0.25) is 0 Å². The summed E-state index contributed by atoms with van der Waals surface area (Å²) in [6.07, 6.45) is 0.477. The molecule has 0 atom stereocenters. The Balaban J connectivity index is 1.55. The molecule has 0 fully saturated rings. The van der Waals surface area contributed by atoms with Crippen LogP contribution in [0.3, 0.4) is 0 Å². The molecule has 8 nitrogen and oxygen atoms in total. The first-order valence-corrected chi connectivity index (χ1v) is 8.49. The summed E-state index contributed by atoms with van der Waals surface area (Å²) in [6, 6.07) is 16.1. The summed E-state index contributed by atoms with van der Waals surface area (Å²) in [7, 11) is 0. The van der Waals surface area contributed by atoms with E-state index in [4.69, 9.17) is 0 Å². The molecule has 0 saturated carbocycles. The fraction of sp³-hybridized carbons (Fsp3) is 0.200. The molecule has 146 valence electrons. The topological polar surface area (TPSA) is 105 Å². The minimum Gasteiger partial charge on any atom is -0.247 e. The average Bonchev–Trinajstić information content (AvgIpc) is 2.74. The number of unbranched alkanes of at least 4 members (excludes halogenated alkanes) is 1. The molecule has 0 aliphatic rings. The third-order valence-corrected chi connectivity index (χ3v) is 3.45. The minimum absolute atomic E-state index is 0.0564. The lowest BCUT2D eigenvalue weighted by atomic mass is 10.2. The summed E-state index contributed by atoms with van der Waals surface area (Å²) in [5.74, 6) is -3.04. The Morgan fingerprint density at radius 3 is 1.25 bits per heavy atom. The SMILES string of the molecule is O=C(CCCCC(=O)OOC(=O)c1ccccc1)OOC(=O)c1ccccc1. The molecule has 2 rings (SSSR count). The summed E-state index contributed by atoms with van der Waals surface area (Å²) < 4.78 is 0. The maximum absolute atomic E-state index is 11.6. The van der Waals surface area contributed by atoms with E-state index in [0.29, 0.717) is 12.8 Å². The van der Waals surface area contributed by atoms with Crippen molar-refractivity contribution in [2.24, 2.45) is 0 Å². The highest BCUT2D eigenvalue weighted by Crippen LogP contribution is 2.07. The third-order valence-electron chi connectivity index (χ3n) is 3.45. The van der Waals surface area contributed by atoms with E-state index in [2.05, 4.69) is 19.6 Å². The van der Waals surface area contributed by atoms with Crippen molar-refractivity contribution in [3.05, 3.63) is 71.8 Å². The molecule has 2 aromatic rings. The van der Waals surface area contributed by atoms with Gasteiger partial charge in [0, 0.05) is 0 Å². The number of hydrogen-bond donors (Lipinski definition) is 0. The van der Waals surface area contributed by atoms with E-state index in [0.717, 1.165) is 0 Å². The van der Waals surface area contributed by atoms with Gasteiger partial charge >= 0.3 is 23.9 Å². The highest BCUT2D eigenvalue weighted by atomic mass is 17.2. The Kier molecular flexibility index (Phi) is 8.19. The van der Waals surface area contributed by atoms with Crippen molar-refractivity contribution in [1.82, 2.24) is 0 Å². The predicted octanol–water partition coefficient (Wildman–Crippen LogP) is 3.18. The highest BCUT2D eigenvalue weighted by Gasteiger charge is 2.14. The Labute approximate surface area is 160 Å². The molecule has 0 unspecified atom stereocenters. The van der Waals surface area contributed by atoms with E-state index in [1.807, 2.05) is 0 Å². The van der Waals surface area contributed by atoms with Crippen molar-refractivity contribution in [3.8, 4) is 0 Å². The van der Waals surface area contributed by atoms with Crippen molar-refractivity contribution in [3.63, 3.8) is 0 Å².